The lowest BCUT2D eigenvalue weighted by Gasteiger charge is -2.10. The highest BCUT2D eigenvalue weighted by Gasteiger charge is 2.01. The summed E-state index contributed by atoms with van der Waals surface area (Å²) in [6, 6.07) is 8.03. The van der Waals surface area contributed by atoms with Crippen molar-refractivity contribution in [2.45, 2.75) is 0 Å². The Morgan fingerprint density at radius 3 is 2.67 bits per heavy atom. The van der Waals surface area contributed by atoms with Gasteiger partial charge in [0.05, 0.1) is 0 Å². The average molecular weight is 170 g/mol. The van der Waals surface area contributed by atoms with Crippen molar-refractivity contribution in [3.8, 4) is 5.75 Å². The number of benzene rings is 1. The molecular weight excluding hydrogens is 159 g/mol. The topological polar surface area (TPSA) is 40.7 Å². The molecule has 2 N–H and O–H groups in total. The Morgan fingerprint density at radius 1 is 1.17 bits per heavy atom. The number of hydrogen-bond donors (Lipinski definition) is 0. The molecule has 1 aliphatic rings. The molecule has 12 heavy (non-hydrogen) atoms. The minimum absolute atomic E-state index is 0. The van der Waals surface area contributed by atoms with Crippen molar-refractivity contribution in [2.24, 2.45) is 0 Å². The van der Waals surface area contributed by atoms with Gasteiger partial charge >= 0.3 is 0 Å². The van der Waals surface area contributed by atoms with E-state index < -0.39 is 0 Å². The second kappa shape index (κ2) is 4.51. The van der Waals surface area contributed by atoms with Crippen LogP contribution >= 0.6 is 0 Å². The third kappa shape index (κ3) is 1.83. The maximum absolute atomic E-state index is 5.34. The Kier molecular flexibility index (Phi) is 4.00. The summed E-state index contributed by atoms with van der Waals surface area (Å²) < 4.78 is 5.34. The van der Waals surface area contributed by atoms with Gasteiger partial charge in [-0.15, -0.1) is 0 Å². The van der Waals surface area contributed by atoms with Gasteiger partial charge in [0.2, 0.25) is 0 Å². The first-order valence-electron chi connectivity index (χ1n) is 3.35. The molecule has 0 spiro atoms. The van der Waals surface area contributed by atoms with Crippen LogP contribution in [0.1, 0.15) is 5.56 Å². The third-order valence-corrected chi connectivity index (χ3v) is 1.55. The molecule has 0 aliphatic carbocycles. The van der Waals surface area contributed by atoms with E-state index >= 15 is 0 Å². The maximum Gasteiger partial charge on any atom is 0.126 e. The number of hydrogen-bond acceptors (Lipinski definition) is 1. The largest absolute Gasteiger partial charge is 0.489 e. The van der Waals surface area contributed by atoms with E-state index in [1.807, 2.05) is 30.3 Å². The first kappa shape index (κ1) is 10.7. The molecule has 2 rings (SSSR count). The highest BCUT2D eigenvalue weighted by molar-refractivity contribution is 5.58. The quantitative estimate of drug-likeness (QED) is 0.580. The fourth-order valence-electron chi connectivity index (χ4n) is 1.06. The fraction of sp³-hybridized carbons (Fsp3) is 0.111. The normalized spacial score (nSPS) is 11.7. The van der Waals surface area contributed by atoms with Crippen molar-refractivity contribution in [3.63, 3.8) is 0 Å². The Hall–Kier alpha value is -1.35. The Bertz CT molecular complexity index is 271. The summed E-state index contributed by atoms with van der Waals surface area (Å²) in [4.78, 5) is 0. The van der Waals surface area contributed by atoms with E-state index in [-0.39, 0.29) is 10.2 Å². The number of fused-ring (bicyclic) bond motifs is 1. The molecule has 0 amide bonds. The zero-order valence-corrected chi connectivity index (χ0v) is 6.49. The lowest BCUT2D eigenvalue weighted by Crippen LogP contribution is -1.98. The van der Waals surface area contributed by atoms with Crippen LogP contribution in [0.3, 0.4) is 0 Å². The summed E-state index contributed by atoms with van der Waals surface area (Å²) in [5, 5.41) is 0. The van der Waals surface area contributed by atoms with Crippen molar-refractivity contribution in [2.75, 3.05) is 6.61 Å². The molecule has 2 nitrogen and oxygen atoms in total. The lowest BCUT2D eigenvalue weighted by atomic mass is 10.1. The van der Waals surface area contributed by atoms with Gasteiger partial charge in [-0.25, -0.2) is 0 Å². The molecule has 0 saturated heterocycles. The summed E-state index contributed by atoms with van der Waals surface area (Å²) >= 11 is 0. The van der Waals surface area contributed by atoms with E-state index in [1.165, 1.54) is 5.56 Å². The van der Waals surface area contributed by atoms with Crippen molar-refractivity contribution < 1.29 is 14.9 Å². The van der Waals surface area contributed by atoms with E-state index in [4.69, 9.17) is 4.74 Å². The zero-order valence-electron chi connectivity index (χ0n) is 6.49. The molecule has 3 heteroatoms. The third-order valence-electron chi connectivity index (χ3n) is 1.55. The van der Waals surface area contributed by atoms with Gasteiger partial charge in [0.1, 0.15) is 12.4 Å². The number of para-hydroxylation sites is 1. The molecule has 1 aromatic rings. The molecule has 0 saturated carbocycles. The van der Waals surface area contributed by atoms with Crippen LogP contribution in [0.25, 0.3) is 6.08 Å². The van der Waals surface area contributed by atoms with Gasteiger partial charge in [0, 0.05) is 5.56 Å². The molecular formula is C9H11FO2. The van der Waals surface area contributed by atoms with Crippen LogP contribution in [-0.2, 0) is 0 Å². The first-order chi connectivity index (χ1) is 4.97. The highest BCUT2D eigenvalue weighted by atomic mass is 19.0. The summed E-state index contributed by atoms with van der Waals surface area (Å²) in [5.41, 5.74) is 1.17. The Labute approximate surface area is 70.2 Å². The lowest BCUT2D eigenvalue weighted by molar-refractivity contribution is 0.358. The fourth-order valence-corrected chi connectivity index (χ4v) is 1.06. The van der Waals surface area contributed by atoms with Gasteiger partial charge in [-0.3, -0.25) is 4.70 Å². The zero-order chi connectivity index (χ0) is 6.81. The van der Waals surface area contributed by atoms with Crippen LogP contribution in [0.15, 0.2) is 30.3 Å². The van der Waals surface area contributed by atoms with Crippen LogP contribution in [0, 0.1) is 0 Å². The first-order valence-corrected chi connectivity index (χ1v) is 3.35. The SMILES string of the molecule is C1=Cc2ccccc2OC1.F.O. The van der Waals surface area contributed by atoms with E-state index in [0.717, 1.165) is 5.75 Å². The standard InChI is InChI=1S/C9H8O.FH.H2O/c1-2-6-9-8(4-1)5-3-7-10-9;;/h1-6H,7H2;1H;1H2. The molecule has 0 aromatic heterocycles. The van der Waals surface area contributed by atoms with E-state index in [1.54, 1.807) is 0 Å². The second-order valence-corrected chi connectivity index (χ2v) is 2.25. The van der Waals surface area contributed by atoms with E-state index in [0.29, 0.717) is 6.61 Å². The average Bonchev–Trinajstić information content (AvgIpc) is 2.05. The van der Waals surface area contributed by atoms with Crippen LogP contribution < -0.4 is 4.74 Å². The molecule has 0 bridgehead atoms. The van der Waals surface area contributed by atoms with E-state index in [9.17, 15) is 0 Å². The van der Waals surface area contributed by atoms with Gasteiger partial charge in [0.25, 0.3) is 0 Å². The molecule has 1 heterocycles. The number of ether oxygens (including phenoxy) is 1. The molecule has 66 valence electrons. The Morgan fingerprint density at radius 2 is 1.92 bits per heavy atom. The molecule has 0 atom stereocenters. The summed E-state index contributed by atoms with van der Waals surface area (Å²) in [6.07, 6.45) is 4.10. The summed E-state index contributed by atoms with van der Waals surface area (Å²) in [5.74, 6) is 0.991. The maximum atomic E-state index is 5.34. The smallest absolute Gasteiger partial charge is 0.126 e. The molecule has 0 fully saturated rings. The van der Waals surface area contributed by atoms with Gasteiger partial charge in [0.15, 0.2) is 0 Å². The summed E-state index contributed by atoms with van der Waals surface area (Å²) in [7, 11) is 0. The summed E-state index contributed by atoms with van der Waals surface area (Å²) in [6.45, 7) is 0.705. The highest BCUT2D eigenvalue weighted by Crippen LogP contribution is 2.21. The van der Waals surface area contributed by atoms with Gasteiger partial charge in [-0.05, 0) is 12.1 Å². The Balaban J connectivity index is 0.000000605. The number of halogens is 1. The number of rotatable bonds is 0. The second-order valence-electron chi connectivity index (χ2n) is 2.25. The van der Waals surface area contributed by atoms with Gasteiger partial charge in [-0.1, -0.05) is 24.3 Å². The predicted octanol–water partition coefficient (Wildman–Crippen LogP) is 1.42. The van der Waals surface area contributed by atoms with Crippen LogP contribution in [-0.4, -0.2) is 12.1 Å². The van der Waals surface area contributed by atoms with Crippen molar-refractivity contribution >= 4 is 6.08 Å². The molecule has 0 unspecified atom stereocenters. The van der Waals surface area contributed by atoms with Crippen LogP contribution in [0.5, 0.6) is 5.75 Å². The van der Waals surface area contributed by atoms with Gasteiger partial charge in [-0.2, -0.15) is 0 Å². The van der Waals surface area contributed by atoms with Crippen LogP contribution in [0.2, 0.25) is 0 Å². The van der Waals surface area contributed by atoms with Crippen molar-refractivity contribution in [1.29, 1.82) is 0 Å². The minimum Gasteiger partial charge on any atom is -0.489 e. The minimum atomic E-state index is 0. The van der Waals surface area contributed by atoms with Gasteiger partial charge < -0.3 is 10.2 Å². The van der Waals surface area contributed by atoms with Crippen LogP contribution in [0.4, 0.5) is 4.70 Å². The van der Waals surface area contributed by atoms with Crippen molar-refractivity contribution in [3.05, 3.63) is 35.9 Å². The monoisotopic (exact) mass is 170 g/mol. The van der Waals surface area contributed by atoms with Crippen molar-refractivity contribution in [1.82, 2.24) is 0 Å². The molecule has 1 aliphatic heterocycles. The predicted molar refractivity (Wildman–Crippen MR) is 47.1 cm³/mol. The molecule has 0 radical (unpaired) electrons. The van der Waals surface area contributed by atoms with E-state index in [2.05, 4.69) is 6.08 Å². The molecule has 1 aromatic carbocycles.